The third-order valence-corrected chi connectivity index (χ3v) is 1.45. The molecule has 4 heteroatoms. The number of esters is 1. The molecule has 1 heterocycles. The van der Waals surface area contributed by atoms with E-state index in [1.165, 1.54) is 13.3 Å². The summed E-state index contributed by atoms with van der Waals surface area (Å²) in [7, 11) is 1.33. The molecular weight excluding hydrogens is 156 g/mol. The van der Waals surface area contributed by atoms with E-state index in [9.17, 15) is 4.79 Å². The minimum atomic E-state index is -0.391. The van der Waals surface area contributed by atoms with E-state index in [-0.39, 0.29) is 0 Å². The molecule has 0 bridgehead atoms. The van der Waals surface area contributed by atoms with Crippen molar-refractivity contribution in [1.82, 2.24) is 4.98 Å². The maximum atomic E-state index is 11.0. The van der Waals surface area contributed by atoms with Crippen LogP contribution in [0.2, 0.25) is 0 Å². The summed E-state index contributed by atoms with van der Waals surface area (Å²) in [4.78, 5) is 14.8. The number of rotatable bonds is 2. The van der Waals surface area contributed by atoms with Crippen LogP contribution in [0.25, 0.3) is 0 Å². The number of carbonyl (C=O) groups excluding carboxylic acids is 1. The summed E-state index contributed by atoms with van der Waals surface area (Å²) in [6.07, 6.45) is 3.07. The van der Waals surface area contributed by atoms with Crippen molar-refractivity contribution in [3.05, 3.63) is 29.6 Å². The summed E-state index contributed by atoms with van der Waals surface area (Å²) < 4.78 is 4.52. The molecule has 0 unspecified atom stereocenters. The first kappa shape index (κ1) is 8.67. The van der Waals surface area contributed by atoms with E-state index in [2.05, 4.69) is 9.72 Å². The normalized spacial score (nSPS) is 9.50. The number of pyridine rings is 1. The maximum Gasteiger partial charge on any atom is 0.339 e. The number of nitrogens with two attached hydrogens (primary N) is 1. The zero-order valence-corrected chi connectivity index (χ0v) is 6.78. The Balaban J connectivity index is 2.93. The summed E-state index contributed by atoms with van der Waals surface area (Å²) in [5.41, 5.74) is 6.62. The predicted molar refractivity (Wildman–Crippen MR) is 43.5 cm³/mol. The van der Waals surface area contributed by atoms with Crippen molar-refractivity contribution in [2.75, 3.05) is 7.11 Å². The van der Waals surface area contributed by atoms with Gasteiger partial charge in [0.1, 0.15) is 0 Å². The van der Waals surface area contributed by atoms with Gasteiger partial charge in [-0.25, -0.2) is 4.79 Å². The number of hydrogen-bond acceptors (Lipinski definition) is 4. The van der Waals surface area contributed by atoms with Crippen molar-refractivity contribution >= 4 is 5.97 Å². The second-order valence-electron chi connectivity index (χ2n) is 2.28. The molecule has 2 N–H and O–H groups in total. The fourth-order valence-corrected chi connectivity index (χ4v) is 0.829. The fourth-order valence-electron chi connectivity index (χ4n) is 0.829. The molecule has 0 amide bonds. The first-order valence-electron chi connectivity index (χ1n) is 3.50. The lowest BCUT2D eigenvalue weighted by molar-refractivity contribution is 0.0600. The molecule has 0 atom stereocenters. The molecule has 1 aromatic heterocycles. The van der Waals surface area contributed by atoms with Gasteiger partial charge in [0.05, 0.1) is 12.7 Å². The molecule has 0 aliphatic rings. The van der Waals surface area contributed by atoms with Crippen LogP contribution in [-0.2, 0) is 11.3 Å². The Hall–Kier alpha value is -1.42. The van der Waals surface area contributed by atoms with Crippen LogP contribution in [0, 0.1) is 0 Å². The lowest BCUT2D eigenvalue weighted by Crippen LogP contribution is -2.04. The highest BCUT2D eigenvalue weighted by molar-refractivity contribution is 5.89. The van der Waals surface area contributed by atoms with E-state index in [1.807, 2.05) is 0 Å². The van der Waals surface area contributed by atoms with Gasteiger partial charge in [0.2, 0.25) is 0 Å². The molecule has 0 radical (unpaired) electrons. The number of ether oxygens (including phenoxy) is 1. The van der Waals surface area contributed by atoms with Crippen LogP contribution in [0.3, 0.4) is 0 Å². The number of methoxy groups -OCH3 is 1. The number of aromatic nitrogens is 1. The molecule has 0 aromatic carbocycles. The smallest absolute Gasteiger partial charge is 0.339 e. The molecule has 64 valence electrons. The van der Waals surface area contributed by atoms with Gasteiger partial charge < -0.3 is 10.5 Å². The molecule has 0 spiro atoms. The van der Waals surface area contributed by atoms with Gasteiger partial charge in [0.15, 0.2) is 0 Å². The first-order valence-corrected chi connectivity index (χ1v) is 3.50. The van der Waals surface area contributed by atoms with Crippen LogP contribution < -0.4 is 5.73 Å². The standard InChI is InChI=1S/C8H10N2O2/c1-12-8(11)7-2-6(3-9)4-10-5-7/h2,4-5H,3,9H2,1H3. The third kappa shape index (κ3) is 1.79. The second kappa shape index (κ2) is 3.82. The Labute approximate surface area is 70.4 Å². The van der Waals surface area contributed by atoms with Crippen LogP contribution in [0.4, 0.5) is 0 Å². The van der Waals surface area contributed by atoms with E-state index >= 15 is 0 Å². The number of carbonyl (C=O) groups is 1. The highest BCUT2D eigenvalue weighted by Gasteiger charge is 2.04. The van der Waals surface area contributed by atoms with E-state index in [0.717, 1.165) is 5.56 Å². The van der Waals surface area contributed by atoms with Gasteiger partial charge in [-0.2, -0.15) is 0 Å². The van der Waals surface area contributed by atoms with Crippen LogP contribution in [-0.4, -0.2) is 18.1 Å². The predicted octanol–water partition coefficient (Wildman–Crippen LogP) is 0.327. The topological polar surface area (TPSA) is 65.2 Å². The van der Waals surface area contributed by atoms with Gasteiger partial charge >= 0.3 is 5.97 Å². The highest BCUT2D eigenvalue weighted by Crippen LogP contribution is 2.02. The molecule has 0 saturated carbocycles. The Morgan fingerprint density at radius 1 is 1.67 bits per heavy atom. The largest absolute Gasteiger partial charge is 0.465 e. The SMILES string of the molecule is COC(=O)c1cncc(CN)c1. The maximum absolute atomic E-state index is 11.0. The van der Waals surface area contributed by atoms with Gasteiger partial charge in [-0.1, -0.05) is 0 Å². The lowest BCUT2D eigenvalue weighted by Gasteiger charge is -1.99. The molecule has 0 saturated heterocycles. The van der Waals surface area contributed by atoms with Crippen LogP contribution in [0.5, 0.6) is 0 Å². The van der Waals surface area contributed by atoms with Gasteiger partial charge in [-0.3, -0.25) is 4.98 Å². The average molecular weight is 166 g/mol. The van der Waals surface area contributed by atoms with Crippen LogP contribution >= 0.6 is 0 Å². The summed E-state index contributed by atoms with van der Waals surface area (Å²) >= 11 is 0. The molecular formula is C8H10N2O2. The Morgan fingerprint density at radius 3 is 3.00 bits per heavy atom. The molecule has 0 aliphatic carbocycles. The summed E-state index contributed by atoms with van der Waals surface area (Å²) in [5, 5.41) is 0. The quantitative estimate of drug-likeness (QED) is 0.643. The van der Waals surface area contributed by atoms with Gasteiger partial charge in [-0.15, -0.1) is 0 Å². The van der Waals surface area contributed by atoms with Crippen molar-refractivity contribution < 1.29 is 9.53 Å². The average Bonchev–Trinajstić information content (AvgIpc) is 2.17. The fraction of sp³-hybridized carbons (Fsp3) is 0.250. The lowest BCUT2D eigenvalue weighted by atomic mass is 10.2. The minimum Gasteiger partial charge on any atom is -0.465 e. The molecule has 1 rings (SSSR count). The Kier molecular flexibility index (Phi) is 2.76. The van der Waals surface area contributed by atoms with Crippen molar-refractivity contribution in [3.8, 4) is 0 Å². The minimum absolute atomic E-state index is 0.373. The molecule has 0 aliphatic heterocycles. The third-order valence-electron chi connectivity index (χ3n) is 1.45. The highest BCUT2D eigenvalue weighted by atomic mass is 16.5. The molecule has 4 nitrogen and oxygen atoms in total. The van der Waals surface area contributed by atoms with Crippen LogP contribution in [0.15, 0.2) is 18.5 Å². The molecule has 0 fully saturated rings. The Bertz CT molecular complexity index is 286. The number of nitrogens with zero attached hydrogens (tertiary/aromatic N) is 1. The molecule has 12 heavy (non-hydrogen) atoms. The van der Waals surface area contributed by atoms with Gasteiger partial charge in [-0.05, 0) is 11.6 Å². The number of hydrogen-bond donors (Lipinski definition) is 1. The van der Waals surface area contributed by atoms with Crippen molar-refractivity contribution in [2.24, 2.45) is 5.73 Å². The van der Waals surface area contributed by atoms with Gasteiger partial charge in [0, 0.05) is 18.9 Å². The Morgan fingerprint density at radius 2 is 2.42 bits per heavy atom. The summed E-state index contributed by atoms with van der Waals surface area (Å²) in [6.45, 7) is 0.373. The van der Waals surface area contributed by atoms with E-state index in [4.69, 9.17) is 5.73 Å². The van der Waals surface area contributed by atoms with Crippen molar-refractivity contribution in [3.63, 3.8) is 0 Å². The first-order chi connectivity index (χ1) is 5.77. The summed E-state index contributed by atoms with van der Waals surface area (Å²) in [5.74, 6) is -0.391. The van der Waals surface area contributed by atoms with E-state index < -0.39 is 5.97 Å². The molecule has 1 aromatic rings. The van der Waals surface area contributed by atoms with Crippen LogP contribution in [0.1, 0.15) is 15.9 Å². The van der Waals surface area contributed by atoms with Crippen molar-refractivity contribution in [2.45, 2.75) is 6.54 Å². The van der Waals surface area contributed by atoms with Crippen molar-refractivity contribution in [1.29, 1.82) is 0 Å². The zero-order valence-electron chi connectivity index (χ0n) is 6.78. The van der Waals surface area contributed by atoms with E-state index in [1.54, 1.807) is 12.3 Å². The van der Waals surface area contributed by atoms with Gasteiger partial charge in [0.25, 0.3) is 0 Å². The second-order valence-corrected chi connectivity index (χ2v) is 2.28. The summed E-state index contributed by atoms with van der Waals surface area (Å²) in [6, 6.07) is 1.67. The van der Waals surface area contributed by atoms with E-state index in [0.29, 0.717) is 12.1 Å². The zero-order chi connectivity index (χ0) is 8.97. The monoisotopic (exact) mass is 166 g/mol.